The van der Waals surface area contributed by atoms with E-state index in [9.17, 15) is 18.4 Å². The highest BCUT2D eigenvalue weighted by Gasteiger charge is 2.39. The van der Waals surface area contributed by atoms with Crippen LogP contribution in [0, 0.1) is 5.92 Å². The number of halogens is 2. The highest BCUT2D eigenvalue weighted by Crippen LogP contribution is 2.39. The van der Waals surface area contributed by atoms with Crippen molar-refractivity contribution in [2.24, 2.45) is 5.92 Å². The molecule has 2 atom stereocenters. The zero-order valence-corrected chi connectivity index (χ0v) is 19.0. The number of amides is 2. The Kier molecular flexibility index (Phi) is 7.19. The van der Waals surface area contributed by atoms with E-state index >= 15 is 0 Å². The number of rotatable bonds is 9. The molecular formula is C25H29F2N3O4. The smallest absolute Gasteiger partial charge is 0.387 e. The minimum absolute atomic E-state index is 0.0164. The third-order valence-corrected chi connectivity index (χ3v) is 6.25. The van der Waals surface area contributed by atoms with Crippen LogP contribution < -0.4 is 20.5 Å². The SMILES string of the molecule is CC(=O)N1CC(c2ccc(OC(F)F)c(OCC3CC3)c2)C[C@@H]1C(=O)NCc1cccc(N)c1. The van der Waals surface area contributed by atoms with Crippen molar-refractivity contribution < 1.29 is 27.8 Å². The molecule has 4 rings (SSSR count). The number of hydrogen-bond donors (Lipinski definition) is 2. The van der Waals surface area contributed by atoms with Gasteiger partial charge in [0.05, 0.1) is 6.61 Å². The first-order chi connectivity index (χ1) is 16.3. The van der Waals surface area contributed by atoms with Crippen LogP contribution in [0.5, 0.6) is 11.5 Å². The molecule has 3 N–H and O–H groups in total. The number of hydrogen-bond acceptors (Lipinski definition) is 5. The second kappa shape index (κ2) is 10.3. The highest BCUT2D eigenvalue weighted by atomic mass is 19.3. The molecule has 9 heteroatoms. The average molecular weight is 474 g/mol. The molecule has 2 aromatic rings. The summed E-state index contributed by atoms with van der Waals surface area (Å²) in [6, 6.07) is 11.5. The number of carbonyl (C=O) groups is 2. The summed E-state index contributed by atoms with van der Waals surface area (Å²) in [5.41, 5.74) is 8.08. The molecule has 1 aliphatic heterocycles. The van der Waals surface area contributed by atoms with Gasteiger partial charge in [-0.05, 0) is 60.6 Å². The van der Waals surface area contributed by atoms with Crippen LogP contribution in [0.15, 0.2) is 42.5 Å². The number of likely N-dealkylation sites (tertiary alicyclic amines) is 1. The Labute approximate surface area is 197 Å². The molecule has 0 radical (unpaired) electrons. The minimum Gasteiger partial charge on any atom is -0.489 e. The molecule has 2 fully saturated rings. The molecule has 1 saturated heterocycles. The lowest BCUT2D eigenvalue weighted by Gasteiger charge is -2.22. The van der Waals surface area contributed by atoms with Crippen LogP contribution >= 0.6 is 0 Å². The van der Waals surface area contributed by atoms with Crippen molar-refractivity contribution in [3.63, 3.8) is 0 Å². The molecule has 0 bridgehead atoms. The molecule has 1 aliphatic carbocycles. The molecule has 1 saturated carbocycles. The van der Waals surface area contributed by atoms with Gasteiger partial charge in [0.25, 0.3) is 0 Å². The number of ether oxygens (including phenoxy) is 2. The van der Waals surface area contributed by atoms with Crippen molar-refractivity contribution in [3.8, 4) is 11.5 Å². The van der Waals surface area contributed by atoms with E-state index in [1.807, 2.05) is 12.1 Å². The van der Waals surface area contributed by atoms with Crippen LogP contribution in [0.1, 0.15) is 43.2 Å². The van der Waals surface area contributed by atoms with Crippen molar-refractivity contribution in [2.45, 2.75) is 51.3 Å². The monoisotopic (exact) mass is 473 g/mol. The van der Waals surface area contributed by atoms with Crippen LogP contribution in [-0.4, -0.2) is 42.5 Å². The van der Waals surface area contributed by atoms with Gasteiger partial charge in [0, 0.05) is 31.6 Å². The lowest BCUT2D eigenvalue weighted by Crippen LogP contribution is -2.44. The van der Waals surface area contributed by atoms with E-state index in [1.54, 1.807) is 29.2 Å². The lowest BCUT2D eigenvalue weighted by atomic mass is 9.95. The summed E-state index contributed by atoms with van der Waals surface area (Å²) in [7, 11) is 0. The largest absolute Gasteiger partial charge is 0.489 e. The Morgan fingerprint density at radius 3 is 2.65 bits per heavy atom. The van der Waals surface area contributed by atoms with Gasteiger partial charge in [-0.1, -0.05) is 18.2 Å². The van der Waals surface area contributed by atoms with Gasteiger partial charge in [0.2, 0.25) is 11.8 Å². The lowest BCUT2D eigenvalue weighted by molar-refractivity contribution is -0.136. The van der Waals surface area contributed by atoms with E-state index < -0.39 is 12.7 Å². The number of alkyl halides is 2. The molecule has 182 valence electrons. The first-order valence-corrected chi connectivity index (χ1v) is 11.4. The number of nitrogens with two attached hydrogens (primary N) is 1. The third kappa shape index (κ3) is 5.95. The minimum atomic E-state index is -2.96. The Morgan fingerprint density at radius 1 is 1.18 bits per heavy atom. The Bertz CT molecular complexity index is 1040. The summed E-state index contributed by atoms with van der Waals surface area (Å²) in [6.07, 6.45) is 2.54. The van der Waals surface area contributed by atoms with Crippen molar-refractivity contribution in [1.29, 1.82) is 0 Å². The second-order valence-electron chi connectivity index (χ2n) is 8.92. The van der Waals surface area contributed by atoms with Gasteiger partial charge in [-0.25, -0.2) is 0 Å². The van der Waals surface area contributed by atoms with E-state index in [1.165, 1.54) is 13.0 Å². The Morgan fingerprint density at radius 2 is 1.97 bits per heavy atom. The molecular weight excluding hydrogens is 444 g/mol. The van der Waals surface area contributed by atoms with E-state index in [0.29, 0.717) is 37.7 Å². The topological polar surface area (TPSA) is 93.9 Å². The van der Waals surface area contributed by atoms with Gasteiger partial charge in [0.1, 0.15) is 6.04 Å². The van der Waals surface area contributed by atoms with E-state index in [-0.39, 0.29) is 29.2 Å². The number of anilines is 1. The maximum absolute atomic E-state index is 13.0. The Balaban J connectivity index is 1.47. The number of nitrogens with zero attached hydrogens (tertiary/aromatic N) is 1. The Hall–Kier alpha value is -3.36. The summed E-state index contributed by atoms with van der Waals surface area (Å²) in [4.78, 5) is 26.8. The summed E-state index contributed by atoms with van der Waals surface area (Å²) >= 11 is 0. The van der Waals surface area contributed by atoms with Crippen LogP contribution in [0.4, 0.5) is 14.5 Å². The standard InChI is InChI=1S/C25H29F2N3O4/c1-15(31)30-13-19(10-21(30)24(32)29-12-17-3-2-4-20(28)9-17)18-7-8-22(34-25(26)27)23(11-18)33-14-16-5-6-16/h2-4,7-9,11,16,19,21,25H,5-6,10,12-14,28H2,1H3,(H,29,32)/t19?,21-/m1/s1. The number of benzene rings is 2. The molecule has 1 unspecified atom stereocenters. The van der Waals surface area contributed by atoms with E-state index in [4.69, 9.17) is 10.5 Å². The number of nitrogen functional groups attached to an aromatic ring is 1. The fraction of sp³-hybridized carbons (Fsp3) is 0.440. The fourth-order valence-corrected chi connectivity index (χ4v) is 4.26. The average Bonchev–Trinajstić information content (AvgIpc) is 3.51. The summed E-state index contributed by atoms with van der Waals surface area (Å²) in [6.45, 7) is -0.424. The van der Waals surface area contributed by atoms with E-state index in [0.717, 1.165) is 24.0 Å². The molecule has 34 heavy (non-hydrogen) atoms. The van der Waals surface area contributed by atoms with Gasteiger partial charge in [0.15, 0.2) is 11.5 Å². The predicted octanol–water partition coefficient (Wildman–Crippen LogP) is 3.68. The maximum Gasteiger partial charge on any atom is 0.387 e. The highest BCUT2D eigenvalue weighted by molar-refractivity contribution is 5.87. The molecule has 7 nitrogen and oxygen atoms in total. The predicted molar refractivity (Wildman–Crippen MR) is 123 cm³/mol. The van der Waals surface area contributed by atoms with Crippen molar-refractivity contribution >= 4 is 17.5 Å². The fourth-order valence-electron chi connectivity index (χ4n) is 4.26. The quantitative estimate of drug-likeness (QED) is 0.542. The van der Waals surface area contributed by atoms with Crippen molar-refractivity contribution in [3.05, 3.63) is 53.6 Å². The van der Waals surface area contributed by atoms with E-state index in [2.05, 4.69) is 10.1 Å². The number of carbonyl (C=O) groups excluding carboxylic acids is 2. The molecule has 0 aromatic heterocycles. The van der Waals surface area contributed by atoms with Crippen LogP contribution in [0.3, 0.4) is 0 Å². The number of nitrogens with one attached hydrogen (secondary N) is 1. The summed E-state index contributed by atoms with van der Waals surface area (Å²) in [5, 5.41) is 2.89. The van der Waals surface area contributed by atoms with Gasteiger partial charge < -0.3 is 25.4 Å². The van der Waals surface area contributed by atoms with Crippen molar-refractivity contribution in [2.75, 3.05) is 18.9 Å². The second-order valence-corrected chi connectivity index (χ2v) is 8.92. The molecule has 1 heterocycles. The van der Waals surface area contributed by atoms with Gasteiger partial charge in [-0.3, -0.25) is 9.59 Å². The van der Waals surface area contributed by atoms with Gasteiger partial charge >= 0.3 is 6.61 Å². The first kappa shape index (κ1) is 23.8. The first-order valence-electron chi connectivity index (χ1n) is 11.4. The third-order valence-electron chi connectivity index (χ3n) is 6.25. The van der Waals surface area contributed by atoms with Gasteiger partial charge in [-0.15, -0.1) is 0 Å². The molecule has 2 amide bonds. The molecule has 2 aromatic carbocycles. The zero-order chi connectivity index (χ0) is 24.2. The molecule has 0 spiro atoms. The summed E-state index contributed by atoms with van der Waals surface area (Å²) in [5.74, 6) is 0.0926. The van der Waals surface area contributed by atoms with Gasteiger partial charge in [-0.2, -0.15) is 8.78 Å². The maximum atomic E-state index is 13.0. The van der Waals surface area contributed by atoms with Crippen LogP contribution in [0.2, 0.25) is 0 Å². The zero-order valence-electron chi connectivity index (χ0n) is 19.0. The molecule has 2 aliphatic rings. The van der Waals surface area contributed by atoms with Crippen LogP contribution in [-0.2, 0) is 16.1 Å². The van der Waals surface area contributed by atoms with Crippen LogP contribution in [0.25, 0.3) is 0 Å². The summed E-state index contributed by atoms with van der Waals surface area (Å²) < 4.78 is 36.1. The normalized spacial score (nSPS) is 19.8. The van der Waals surface area contributed by atoms with Crippen molar-refractivity contribution in [1.82, 2.24) is 10.2 Å².